The van der Waals surface area contributed by atoms with Crippen LogP contribution in [0.2, 0.25) is 5.02 Å². The van der Waals surface area contributed by atoms with Crippen molar-refractivity contribution >= 4 is 43.5 Å². The first-order valence-corrected chi connectivity index (χ1v) is 7.58. The van der Waals surface area contributed by atoms with Crippen molar-refractivity contribution in [3.05, 3.63) is 67.3 Å². The van der Waals surface area contributed by atoms with Crippen molar-refractivity contribution in [2.45, 2.75) is 12.5 Å². The predicted molar refractivity (Wildman–Crippen MR) is 83.9 cm³/mol. The molecule has 19 heavy (non-hydrogen) atoms. The van der Waals surface area contributed by atoms with Crippen molar-refractivity contribution in [1.82, 2.24) is 0 Å². The van der Waals surface area contributed by atoms with E-state index in [1.165, 1.54) is 6.07 Å². The summed E-state index contributed by atoms with van der Waals surface area (Å²) in [5.41, 5.74) is 8.10. The Morgan fingerprint density at radius 1 is 1.16 bits per heavy atom. The van der Waals surface area contributed by atoms with Gasteiger partial charge in [0.15, 0.2) is 0 Å². The van der Waals surface area contributed by atoms with E-state index in [9.17, 15) is 4.39 Å². The lowest BCUT2D eigenvalue weighted by Crippen LogP contribution is -2.14. The van der Waals surface area contributed by atoms with Gasteiger partial charge in [-0.1, -0.05) is 55.6 Å². The fourth-order valence-corrected chi connectivity index (χ4v) is 3.38. The van der Waals surface area contributed by atoms with Crippen molar-refractivity contribution in [3.8, 4) is 0 Å². The molecule has 0 saturated carbocycles. The van der Waals surface area contributed by atoms with Gasteiger partial charge in [0, 0.05) is 15.0 Å². The van der Waals surface area contributed by atoms with Crippen LogP contribution in [0.1, 0.15) is 17.2 Å². The van der Waals surface area contributed by atoms with Gasteiger partial charge in [0.25, 0.3) is 0 Å². The van der Waals surface area contributed by atoms with Crippen LogP contribution in [0.3, 0.4) is 0 Å². The number of nitrogens with two attached hydrogens (primary N) is 1. The Labute approximate surface area is 133 Å². The van der Waals surface area contributed by atoms with Crippen molar-refractivity contribution in [1.29, 1.82) is 0 Å². The summed E-state index contributed by atoms with van der Waals surface area (Å²) in [6.07, 6.45) is 0.597. The molecule has 2 rings (SSSR count). The molecule has 2 aromatic carbocycles. The van der Waals surface area contributed by atoms with E-state index in [1.54, 1.807) is 12.1 Å². The lowest BCUT2D eigenvalue weighted by Gasteiger charge is -2.14. The van der Waals surface area contributed by atoms with Gasteiger partial charge in [-0.25, -0.2) is 4.39 Å². The lowest BCUT2D eigenvalue weighted by atomic mass is 10.00. The molecule has 0 amide bonds. The summed E-state index contributed by atoms with van der Waals surface area (Å²) in [7, 11) is 0. The van der Waals surface area contributed by atoms with Crippen LogP contribution in [-0.4, -0.2) is 0 Å². The third-order valence-corrected chi connectivity index (χ3v) is 4.27. The van der Waals surface area contributed by atoms with E-state index in [-0.39, 0.29) is 11.1 Å². The molecule has 1 unspecified atom stereocenters. The van der Waals surface area contributed by atoms with Crippen LogP contribution >= 0.6 is 43.5 Å². The first-order valence-electron chi connectivity index (χ1n) is 5.62. The molecule has 2 aromatic rings. The summed E-state index contributed by atoms with van der Waals surface area (Å²) < 4.78 is 15.0. The zero-order valence-electron chi connectivity index (χ0n) is 9.84. The molecular weight excluding hydrogens is 396 g/mol. The Morgan fingerprint density at radius 3 is 2.53 bits per heavy atom. The van der Waals surface area contributed by atoms with E-state index in [0.717, 1.165) is 20.1 Å². The maximum atomic E-state index is 13.1. The van der Waals surface area contributed by atoms with Crippen molar-refractivity contribution < 1.29 is 4.39 Å². The highest BCUT2D eigenvalue weighted by Crippen LogP contribution is 2.28. The van der Waals surface area contributed by atoms with Gasteiger partial charge >= 0.3 is 0 Å². The fourth-order valence-electron chi connectivity index (χ4n) is 1.83. The second kappa shape index (κ2) is 6.35. The molecule has 0 aromatic heterocycles. The maximum Gasteiger partial charge on any atom is 0.141 e. The molecule has 1 atom stereocenters. The van der Waals surface area contributed by atoms with Gasteiger partial charge in [0.05, 0.1) is 5.02 Å². The third kappa shape index (κ3) is 3.78. The molecule has 0 aliphatic rings. The molecule has 0 fully saturated rings. The number of benzene rings is 2. The van der Waals surface area contributed by atoms with Crippen LogP contribution < -0.4 is 5.73 Å². The van der Waals surface area contributed by atoms with Crippen molar-refractivity contribution in [2.75, 3.05) is 0 Å². The highest BCUT2D eigenvalue weighted by atomic mass is 79.9. The smallest absolute Gasteiger partial charge is 0.141 e. The molecule has 0 aliphatic carbocycles. The van der Waals surface area contributed by atoms with Gasteiger partial charge in [0.2, 0.25) is 0 Å². The van der Waals surface area contributed by atoms with Crippen LogP contribution in [-0.2, 0) is 6.42 Å². The SMILES string of the molecule is NC(Cc1ccc(F)c(Cl)c1)c1ccc(Br)cc1Br. The lowest BCUT2D eigenvalue weighted by molar-refractivity contribution is 0.626. The largest absolute Gasteiger partial charge is 0.324 e. The number of hydrogen-bond acceptors (Lipinski definition) is 1. The van der Waals surface area contributed by atoms with E-state index >= 15 is 0 Å². The van der Waals surface area contributed by atoms with Crippen molar-refractivity contribution in [2.24, 2.45) is 5.73 Å². The zero-order chi connectivity index (χ0) is 14.0. The molecule has 0 radical (unpaired) electrons. The number of rotatable bonds is 3. The van der Waals surface area contributed by atoms with E-state index in [0.29, 0.717) is 6.42 Å². The average molecular weight is 408 g/mol. The Balaban J connectivity index is 2.20. The molecule has 0 spiro atoms. The second-order valence-electron chi connectivity index (χ2n) is 4.22. The van der Waals surface area contributed by atoms with Crippen LogP contribution in [0.25, 0.3) is 0 Å². The Bertz CT molecular complexity index is 604. The highest BCUT2D eigenvalue weighted by molar-refractivity contribution is 9.11. The van der Waals surface area contributed by atoms with Gasteiger partial charge < -0.3 is 5.73 Å². The van der Waals surface area contributed by atoms with Crippen LogP contribution in [0.5, 0.6) is 0 Å². The Morgan fingerprint density at radius 2 is 1.89 bits per heavy atom. The van der Waals surface area contributed by atoms with Gasteiger partial charge in [-0.15, -0.1) is 0 Å². The van der Waals surface area contributed by atoms with Gasteiger partial charge in [-0.05, 0) is 41.8 Å². The summed E-state index contributed by atoms with van der Waals surface area (Å²) in [5, 5.41) is 0.125. The summed E-state index contributed by atoms with van der Waals surface area (Å²) in [5.74, 6) is -0.413. The predicted octanol–water partition coefficient (Wildman–Crippen LogP) is 5.25. The molecule has 0 bridgehead atoms. The third-order valence-electron chi connectivity index (χ3n) is 2.80. The minimum atomic E-state index is -0.413. The molecule has 1 nitrogen and oxygen atoms in total. The van der Waals surface area contributed by atoms with Gasteiger partial charge in [0.1, 0.15) is 5.82 Å². The summed E-state index contributed by atoms with van der Waals surface area (Å²) in [4.78, 5) is 0. The normalized spacial score (nSPS) is 12.5. The fraction of sp³-hybridized carbons (Fsp3) is 0.143. The molecular formula is C14H11Br2ClFN. The van der Waals surface area contributed by atoms with Gasteiger partial charge in [-0.2, -0.15) is 0 Å². The highest BCUT2D eigenvalue weighted by Gasteiger charge is 2.12. The molecule has 2 N–H and O–H groups in total. The van der Waals surface area contributed by atoms with E-state index in [1.807, 2.05) is 18.2 Å². The maximum absolute atomic E-state index is 13.1. The summed E-state index contributed by atoms with van der Waals surface area (Å²) in [6.45, 7) is 0. The topological polar surface area (TPSA) is 26.0 Å². The molecule has 100 valence electrons. The van der Waals surface area contributed by atoms with Crippen LogP contribution in [0, 0.1) is 5.82 Å². The van der Waals surface area contributed by atoms with Crippen LogP contribution in [0.4, 0.5) is 4.39 Å². The van der Waals surface area contributed by atoms with E-state index in [2.05, 4.69) is 31.9 Å². The molecule has 0 saturated heterocycles. The Hall–Kier alpha value is -0.420. The van der Waals surface area contributed by atoms with Gasteiger partial charge in [-0.3, -0.25) is 0 Å². The van der Waals surface area contributed by atoms with E-state index < -0.39 is 5.82 Å². The summed E-state index contributed by atoms with van der Waals surface area (Å²) in [6, 6.07) is 10.4. The first kappa shape index (κ1) is 15.0. The molecule has 0 heterocycles. The van der Waals surface area contributed by atoms with E-state index in [4.69, 9.17) is 17.3 Å². The van der Waals surface area contributed by atoms with Crippen LogP contribution in [0.15, 0.2) is 45.3 Å². The monoisotopic (exact) mass is 405 g/mol. The average Bonchev–Trinajstić information content (AvgIpc) is 2.33. The zero-order valence-corrected chi connectivity index (χ0v) is 13.8. The minimum Gasteiger partial charge on any atom is -0.324 e. The number of hydrogen-bond donors (Lipinski definition) is 1. The molecule has 5 heteroatoms. The second-order valence-corrected chi connectivity index (χ2v) is 6.40. The first-order chi connectivity index (χ1) is 8.97. The minimum absolute atomic E-state index is 0.125. The Kier molecular flexibility index (Phi) is 5.01. The standard InChI is InChI=1S/C14H11Br2ClFN/c15-9-2-3-10(11(16)7-9)14(19)6-8-1-4-13(18)12(17)5-8/h1-5,7,14H,6,19H2. The quantitative estimate of drug-likeness (QED) is 0.739. The molecule has 0 aliphatic heterocycles. The van der Waals surface area contributed by atoms with Crippen molar-refractivity contribution in [3.63, 3.8) is 0 Å². The number of halogens is 4. The summed E-state index contributed by atoms with van der Waals surface area (Å²) >= 11 is 12.7.